The maximum absolute atomic E-state index is 11.1. The van der Waals surface area contributed by atoms with Crippen molar-refractivity contribution in [3.8, 4) is 0 Å². The van der Waals surface area contributed by atoms with Gasteiger partial charge < -0.3 is 5.11 Å². The highest BCUT2D eigenvalue weighted by Gasteiger charge is 2.24. The number of allylic oxidation sites excluding steroid dienone is 1. The molecule has 0 aliphatic heterocycles. The van der Waals surface area contributed by atoms with Crippen LogP contribution in [0.1, 0.15) is 12.5 Å². The zero-order chi connectivity index (χ0) is 13.1. The molecule has 0 aromatic heterocycles. The molecular weight excluding hydrogens is 228 g/mol. The van der Waals surface area contributed by atoms with Crippen molar-refractivity contribution in [1.29, 1.82) is 0 Å². The first-order chi connectivity index (χ1) is 7.82. The van der Waals surface area contributed by atoms with Gasteiger partial charge in [0.1, 0.15) is 0 Å². The molecule has 2 nitrogen and oxygen atoms in total. The van der Waals surface area contributed by atoms with Crippen molar-refractivity contribution in [3.05, 3.63) is 46.7 Å². The highest BCUT2D eigenvalue weighted by molar-refractivity contribution is 6.83. The van der Waals surface area contributed by atoms with Crippen LogP contribution in [0.15, 0.2) is 41.1 Å². The second kappa shape index (κ2) is 5.32. The molecule has 0 radical (unpaired) electrons. The minimum Gasteiger partial charge on any atom is -0.478 e. The van der Waals surface area contributed by atoms with Crippen LogP contribution in [0.25, 0.3) is 0 Å². The first-order valence-electron chi connectivity index (χ1n) is 5.80. The van der Waals surface area contributed by atoms with Crippen LogP contribution in [0.5, 0.6) is 0 Å². The van der Waals surface area contributed by atoms with Gasteiger partial charge in [0, 0.05) is 5.57 Å². The van der Waals surface area contributed by atoms with Crippen molar-refractivity contribution in [2.45, 2.75) is 33.0 Å². The lowest BCUT2D eigenvalue weighted by molar-refractivity contribution is -0.132. The fraction of sp³-hybridized carbons (Fsp3) is 0.357. The van der Waals surface area contributed by atoms with E-state index in [9.17, 15) is 4.79 Å². The van der Waals surface area contributed by atoms with Gasteiger partial charge in [-0.25, -0.2) is 4.79 Å². The SMILES string of the molecule is C/C(C(=O)O)=C(\Cc1ccccc1)[Si](C)(C)C. The average molecular weight is 248 g/mol. The summed E-state index contributed by atoms with van der Waals surface area (Å²) in [5, 5.41) is 10.3. The molecule has 0 unspecified atom stereocenters. The van der Waals surface area contributed by atoms with Gasteiger partial charge in [-0.1, -0.05) is 55.2 Å². The smallest absolute Gasteiger partial charge is 0.330 e. The lowest BCUT2D eigenvalue weighted by Gasteiger charge is -2.23. The van der Waals surface area contributed by atoms with E-state index in [0.717, 1.165) is 11.6 Å². The van der Waals surface area contributed by atoms with E-state index in [1.54, 1.807) is 6.92 Å². The van der Waals surface area contributed by atoms with Gasteiger partial charge in [0.15, 0.2) is 0 Å². The Kier molecular flexibility index (Phi) is 4.29. The zero-order valence-electron chi connectivity index (χ0n) is 10.9. The van der Waals surface area contributed by atoms with E-state index in [2.05, 4.69) is 31.8 Å². The lowest BCUT2D eigenvalue weighted by Crippen LogP contribution is -2.28. The summed E-state index contributed by atoms with van der Waals surface area (Å²) in [5.74, 6) is -0.793. The molecule has 0 bridgehead atoms. The highest BCUT2D eigenvalue weighted by atomic mass is 28.3. The number of carboxylic acids is 1. The fourth-order valence-corrected chi connectivity index (χ4v) is 3.86. The average Bonchev–Trinajstić information content (AvgIpc) is 2.24. The Labute approximate surface area is 104 Å². The number of hydrogen-bond donors (Lipinski definition) is 1. The van der Waals surface area contributed by atoms with Crippen molar-refractivity contribution >= 4 is 14.0 Å². The molecular formula is C14H20O2Si. The van der Waals surface area contributed by atoms with Gasteiger partial charge in [-0.3, -0.25) is 0 Å². The highest BCUT2D eigenvalue weighted by Crippen LogP contribution is 2.23. The number of carboxylic acid groups (broad SMARTS) is 1. The van der Waals surface area contributed by atoms with Crippen LogP contribution in [0.4, 0.5) is 0 Å². The predicted molar refractivity (Wildman–Crippen MR) is 73.8 cm³/mol. The molecule has 0 fully saturated rings. The van der Waals surface area contributed by atoms with Crippen LogP contribution < -0.4 is 0 Å². The third-order valence-corrected chi connectivity index (χ3v) is 5.26. The molecule has 1 rings (SSSR count). The number of aliphatic carboxylic acids is 1. The summed E-state index contributed by atoms with van der Waals surface area (Å²) in [4.78, 5) is 11.1. The molecule has 0 saturated heterocycles. The second-order valence-corrected chi connectivity index (χ2v) is 10.4. The Balaban J connectivity index is 3.11. The topological polar surface area (TPSA) is 37.3 Å². The minimum absolute atomic E-state index is 0.521. The van der Waals surface area contributed by atoms with E-state index in [4.69, 9.17) is 5.11 Å². The Morgan fingerprint density at radius 1 is 1.18 bits per heavy atom. The largest absolute Gasteiger partial charge is 0.478 e. The molecule has 1 N–H and O–H groups in total. The number of carbonyl (C=O) groups is 1. The molecule has 92 valence electrons. The standard InChI is InChI=1S/C14H20O2Si/c1-11(14(15)16)13(17(2,3)4)10-12-8-6-5-7-9-12/h5-9H,10H2,1-4H3,(H,15,16)/b13-11-. The summed E-state index contributed by atoms with van der Waals surface area (Å²) in [7, 11) is -1.60. The summed E-state index contributed by atoms with van der Waals surface area (Å²) in [6.45, 7) is 8.30. The normalized spacial score (nSPS) is 13.2. The molecule has 0 atom stereocenters. The van der Waals surface area contributed by atoms with E-state index < -0.39 is 14.0 Å². The molecule has 1 aromatic rings. The summed E-state index contributed by atoms with van der Waals surface area (Å²) in [6.07, 6.45) is 0.759. The first-order valence-corrected chi connectivity index (χ1v) is 9.30. The van der Waals surface area contributed by atoms with Gasteiger partial charge in [0.05, 0.1) is 8.07 Å². The summed E-state index contributed by atoms with van der Waals surface area (Å²) in [5.41, 5.74) is 1.71. The van der Waals surface area contributed by atoms with Crippen LogP contribution in [0.2, 0.25) is 19.6 Å². The van der Waals surface area contributed by atoms with Gasteiger partial charge >= 0.3 is 5.97 Å². The van der Waals surface area contributed by atoms with Crippen LogP contribution >= 0.6 is 0 Å². The van der Waals surface area contributed by atoms with Gasteiger partial charge in [0.25, 0.3) is 0 Å². The van der Waals surface area contributed by atoms with Crippen molar-refractivity contribution in [2.24, 2.45) is 0 Å². The Morgan fingerprint density at radius 3 is 2.12 bits per heavy atom. The van der Waals surface area contributed by atoms with Gasteiger partial charge in [-0.05, 0) is 18.9 Å². The molecule has 0 amide bonds. The van der Waals surface area contributed by atoms with Crippen LogP contribution in [-0.4, -0.2) is 19.1 Å². The molecule has 0 heterocycles. The van der Waals surface area contributed by atoms with E-state index in [0.29, 0.717) is 5.57 Å². The number of benzene rings is 1. The number of hydrogen-bond acceptors (Lipinski definition) is 1. The maximum atomic E-state index is 11.1. The van der Waals surface area contributed by atoms with Crippen LogP contribution in [0, 0.1) is 0 Å². The second-order valence-electron chi connectivity index (χ2n) is 5.32. The molecule has 0 aliphatic rings. The van der Waals surface area contributed by atoms with Gasteiger partial charge in [-0.15, -0.1) is 0 Å². The monoisotopic (exact) mass is 248 g/mol. The molecule has 0 saturated carbocycles. The van der Waals surface area contributed by atoms with Crippen LogP contribution in [0.3, 0.4) is 0 Å². The first kappa shape index (κ1) is 13.7. The Morgan fingerprint density at radius 2 is 1.71 bits per heavy atom. The van der Waals surface area contributed by atoms with E-state index in [1.807, 2.05) is 18.2 Å². The maximum Gasteiger partial charge on any atom is 0.330 e. The molecule has 0 spiro atoms. The lowest BCUT2D eigenvalue weighted by atomic mass is 10.1. The third kappa shape index (κ3) is 3.86. The third-order valence-electron chi connectivity index (χ3n) is 2.90. The number of rotatable bonds is 4. The minimum atomic E-state index is -1.60. The Hall–Kier alpha value is -1.35. The van der Waals surface area contributed by atoms with Gasteiger partial charge in [-0.2, -0.15) is 0 Å². The molecule has 1 aromatic carbocycles. The van der Waals surface area contributed by atoms with Gasteiger partial charge in [0.2, 0.25) is 0 Å². The fourth-order valence-electron chi connectivity index (χ4n) is 1.89. The van der Waals surface area contributed by atoms with Crippen LogP contribution in [-0.2, 0) is 11.2 Å². The summed E-state index contributed by atoms with van der Waals surface area (Å²) in [6, 6.07) is 10.1. The zero-order valence-corrected chi connectivity index (χ0v) is 11.9. The van der Waals surface area contributed by atoms with Crippen molar-refractivity contribution < 1.29 is 9.90 Å². The summed E-state index contributed by atoms with van der Waals surface area (Å²) >= 11 is 0. The molecule has 0 aliphatic carbocycles. The van der Waals surface area contributed by atoms with E-state index in [-0.39, 0.29) is 0 Å². The van der Waals surface area contributed by atoms with E-state index >= 15 is 0 Å². The predicted octanol–water partition coefficient (Wildman–Crippen LogP) is 3.51. The van der Waals surface area contributed by atoms with Crippen molar-refractivity contribution in [3.63, 3.8) is 0 Å². The quantitative estimate of drug-likeness (QED) is 0.654. The van der Waals surface area contributed by atoms with E-state index in [1.165, 1.54) is 5.56 Å². The Bertz CT molecular complexity index is 427. The van der Waals surface area contributed by atoms with Crippen molar-refractivity contribution in [2.75, 3.05) is 0 Å². The molecule has 17 heavy (non-hydrogen) atoms. The summed E-state index contributed by atoms with van der Waals surface area (Å²) < 4.78 is 0. The van der Waals surface area contributed by atoms with Crippen molar-refractivity contribution in [1.82, 2.24) is 0 Å². The molecule has 3 heteroatoms.